The third kappa shape index (κ3) is 1.80. The second kappa shape index (κ2) is 3.53. The molecule has 3 heteroatoms. The predicted octanol–water partition coefficient (Wildman–Crippen LogP) is 1.55. The smallest absolute Gasteiger partial charge is 0.127 e. The maximum absolute atomic E-state index is 9.43. The first-order valence-electron chi connectivity index (χ1n) is 3.83. The fraction of sp³-hybridized carbons (Fsp3) is 0.625. The topological polar surface area (TPSA) is 46.3 Å². The second-order valence-electron chi connectivity index (χ2n) is 2.72. The van der Waals surface area contributed by atoms with Gasteiger partial charge in [-0.3, -0.25) is 0 Å². The van der Waals surface area contributed by atoms with Crippen molar-refractivity contribution in [2.45, 2.75) is 32.3 Å². The Morgan fingerprint density at radius 2 is 2.45 bits per heavy atom. The van der Waals surface area contributed by atoms with Gasteiger partial charge in [-0.15, -0.1) is 0 Å². The summed E-state index contributed by atoms with van der Waals surface area (Å²) < 4.78 is 4.67. The van der Waals surface area contributed by atoms with E-state index in [9.17, 15) is 5.11 Å². The van der Waals surface area contributed by atoms with Gasteiger partial charge in [0.1, 0.15) is 6.26 Å². The maximum Gasteiger partial charge on any atom is 0.127 e. The van der Waals surface area contributed by atoms with Crippen LogP contribution in [0.2, 0.25) is 0 Å². The summed E-state index contributed by atoms with van der Waals surface area (Å²) in [5.74, 6) is 0.117. The Balaban J connectivity index is 2.62. The van der Waals surface area contributed by atoms with Crippen LogP contribution in [0.4, 0.5) is 0 Å². The van der Waals surface area contributed by atoms with Crippen molar-refractivity contribution in [2.75, 3.05) is 0 Å². The second-order valence-corrected chi connectivity index (χ2v) is 2.72. The van der Waals surface area contributed by atoms with Gasteiger partial charge in [0.15, 0.2) is 0 Å². The molecule has 1 rings (SSSR count). The largest absolute Gasteiger partial charge is 0.393 e. The normalized spacial score (nSPS) is 16.3. The lowest BCUT2D eigenvalue weighted by Crippen LogP contribution is -2.13. The van der Waals surface area contributed by atoms with Crippen LogP contribution in [0.5, 0.6) is 0 Å². The van der Waals surface area contributed by atoms with Crippen molar-refractivity contribution >= 4 is 0 Å². The Labute approximate surface area is 66.0 Å². The van der Waals surface area contributed by atoms with E-state index in [0.29, 0.717) is 0 Å². The molecule has 0 saturated heterocycles. The number of nitrogens with zero attached hydrogens (tertiary/aromatic N) is 1. The molecular weight excluding hydrogens is 142 g/mol. The van der Waals surface area contributed by atoms with Gasteiger partial charge in [-0.25, -0.2) is 0 Å². The van der Waals surface area contributed by atoms with E-state index in [1.807, 2.05) is 13.8 Å². The van der Waals surface area contributed by atoms with E-state index in [-0.39, 0.29) is 12.0 Å². The molecule has 2 atom stereocenters. The van der Waals surface area contributed by atoms with Crippen LogP contribution in [0, 0.1) is 0 Å². The van der Waals surface area contributed by atoms with E-state index >= 15 is 0 Å². The van der Waals surface area contributed by atoms with Crippen LogP contribution >= 0.6 is 0 Å². The summed E-state index contributed by atoms with van der Waals surface area (Å²) in [6.45, 7) is 3.91. The van der Waals surface area contributed by atoms with Crippen LogP contribution in [0.25, 0.3) is 0 Å². The highest BCUT2D eigenvalue weighted by Gasteiger charge is 2.15. The zero-order chi connectivity index (χ0) is 8.27. The lowest BCUT2D eigenvalue weighted by Gasteiger charge is -2.13. The highest BCUT2D eigenvalue weighted by atomic mass is 16.5. The molecule has 0 aromatic carbocycles. The van der Waals surface area contributed by atoms with Crippen molar-refractivity contribution in [3.8, 4) is 0 Å². The summed E-state index contributed by atoms with van der Waals surface area (Å²) in [4.78, 5) is 0. The van der Waals surface area contributed by atoms with Crippen molar-refractivity contribution in [3.05, 3.63) is 18.0 Å². The molecule has 1 aromatic rings. The molecule has 0 aliphatic heterocycles. The SMILES string of the molecule is CCC(O)C(C)c1cnoc1. The third-order valence-corrected chi connectivity index (χ3v) is 1.97. The minimum Gasteiger partial charge on any atom is -0.393 e. The fourth-order valence-corrected chi connectivity index (χ4v) is 1.01. The summed E-state index contributed by atoms with van der Waals surface area (Å²) in [5.41, 5.74) is 0.958. The van der Waals surface area contributed by atoms with Crippen molar-refractivity contribution < 1.29 is 9.63 Å². The molecule has 0 aliphatic rings. The quantitative estimate of drug-likeness (QED) is 0.720. The summed E-state index contributed by atoms with van der Waals surface area (Å²) in [6.07, 6.45) is 3.67. The van der Waals surface area contributed by atoms with Crippen LogP contribution in [-0.4, -0.2) is 16.4 Å². The van der Waals surface area contributed by atoms with E-state index in [1.54, 1.807) is 12.5 Å². The molecular formula is C8H13NO2. The zero-order valence-corrected chi connectivity index (χ0v) is 6.82. The lowest BCUT2D eigenvalue weighted by atomic mass is 9.97. The van der Waals surface area contributed by atoms with Crippen molar-refractivity contribution in [2.24, 2.45) is 0 Å². The monoisotopic (exact) mass is 155 g/mol. The highest BCUT2D eigenvalue weighted by molar-refractivity contribution is 5.08. The standard InChI is InChI=1S/C8H13NO2/c1-3-8(10)6(2)7-4-9-11-5-7/h4-6,8,10H,3H2,1-2H3. The Morgan fingerprint density at radius 3 is 2.91 bits per heavy atom. The number of rotatable bonds is 3. The Hall–Kier alpha value is -0.830. The van der Waals surface area contributed by atoms with E-state index in [0.717, 1.165) is 12.0 Å². The van der Waals surface area contributed by atoms with Gasteiger partial charge in [-0.1, -0.05) is 19.0 Å². The van der Waals surface area contributed by atoms with Crippen LogP contribution in [0.3, 0.4) is 0 Å². The number of hydrogen-bond donors (Lipinski definition) is 1. The first-order valence-corrected chi connectivity index (χ1v) is 3.83. The molecule has 1 heterocycles. The lowest BCUT2D eigenvalue weighted by molar-refractivity contribution is 0.145. The van der Waals surface area contributed by atoms with E-state index in [4.69, 9.17) is 0 Å². The van der Waals surface area contributed by atoms with E-state index < -0.39 is 0 Å². The van der Waals surface area contributed by atoms with Crippen molar-refractivity contribution in [3.63, 3.8) is 0 Å². The summed E-state index contributed by atoms with van der Waals surface area (Å²) in [6, 6.07) is 0. The molecule has 0 radical (unpaired) electrons. The summed E-state index contributed by atoms with van der Waals surface area (Å²) in [5, 5.41) is 13.0. The molecule has 0 amide bonds. The van der Waals surface area contributed by atoms with Crippen LogP contribution < -0.4 is 0 Å². The van der Waals surface area contributed by atoms with Crippen molar-refractivity contribution in [1.82, 2.24) is 5.16 Å². The van der Waals surface area contributed by atoms with Gasteiger partial charge < -0.3 is 9.63 Å². The van der Waals surface area contributed by atoms with Gasteiger partial charge >= 0.3 is 0 Å². The van der Waals surface area contributed by atoms with Crippen LogP contribution in [0.1, 0.15) is 31.7 Å². The average Bonchev–Trinajstić information content (AvgIpc) is 2.53. The van der Waals surface area contributed by atoms with Gasteiger partial charge in [0.25, 0.3) is 0 Å². The number of aliphatic hydroxyl groups is 1. The number of hydrogen-bond acceptors (Lipinski definition) is 3. The zero-order valence-electron chi connectivity index (χ0n) is 6.82. The molecule has 1 aromatic heterocycles. The minimum atomic E-state index is -0.297. The van der Waals surface area contributed by atoms with Crippen LogP contribution in [0.15, 0.2) is 17.0 Å². The van der Waals surface area contributed by atoms with E-state index in [1.165, 1.54) is 0 Å². The number of aromatic nitrogens is 1. The molecule has 0 fully saturated rings. The molecule has 3 nitrogen and oxygen atoms in total. The van der Waals surface area contributed by atoms with Gasteiger partial charge in [0.05, 0.1) is 12.3 Å². The Kier molecular flexibility index (Phi) is 2.65. The van der Waals surface area contributed by atoms with E-state index in [2.05, 4.69) is 9.68 Å². The van der Waals surface area contributed by atoms with Gasteiger partial charge in [0, 0.05) is 11.5 Å². The molecule has 1 N–H and O–H groups in total. The maximum atomic E-state index is 9.43. The molecule has 0 aliphatic carbocycles. The Morgan fingerprint density at radius 1 is 1.73 bits per heavy atom. The van der Waals surface area contributed by atoms with Gasteiger partial charge in [0.2, 0.25) is 0 Å². The summed E-state index contributed by atoms with van der Waals surface area (Å²) >= 11 is 0. The predicted molar refractivity (Wildman–Crippen MR) is 41.2 cm³/mol. The third-order valence-electron chi connectivity index (χ3n) is 1.97. The fourth-order valence-electron chi connectivity index (χ4n) is 1.01. The van der Waals surface area contributed by atoms with Crippen LogP contribution in [-0.2, 0) is 0 Å². The Bertz CT molecular complexity index is 196. The molecule has 11 heavy (non-hydrogen) atoms. The molecule has 62 valence electrons. The minimum absolute atomic E-state index is 0.117. The molecule has 0 spiro atoms. The average molecular weight is 155 g/mol. The first kappa shape index (κ1) is 8.27. The molecule has 2 unspecified atom stereocenters. The van der Waals surface area contributed by atoms with Gasteiger partial charge in [-0.2, -0.15) is 0 Å². The molecule has 0 saturated carbocycles. The van der Waals surface area contributed by atoms with Crippen molar-refractivity contribution in [1.29, 1.82) is 0 Å². The summed E-state index contributed by atoms with van der Waals surface area (Å²) in [7, 11) is 0. The first-order chi connectivity index (χ1) is 5.25. The van der Waals surface area contributed by atoms with Gasteiger partial charge in [-0.05, 0) is 6.42 Å². The number of aliphatic hydroxyl groups excluding tert-OH is 1. The molecule has 0 bridgehead atoms. The highest BCUT2D eigenvalue weighted by Crippen LogP contribution is 2.19.